The largest absolute Gasteiger partial charge is 0.146 e. The van der Waals surface area contributed by atoms with Crippen LogP contribution in [-0.2, 0) is 0 Å². The van der Waals surface area contributed by atoms with Crippen molar-refractivity contribution in [2.24, 2.45) is 0 Å². The summed E-state index contributed by atoms with van der Waals surface area (Å²) in [7, 11) is -3.96. The number of hydrogen-bond donors (Lipinski definition) is 0. The van der Waals surface area contributed by atoms with Gasteiger partial charge in [-0.25, -0.2) is 0 Å². The van der Waals surface area contributed by atoms with E-state index >= 15 is 0 Å². The van der Waals surface area contributed by atoms with Crippen molar-refractivity contribution in [3.8, 4) is 43.8 Å². The number of rotatable bonds is 8. The van der Waals surface area contributed by atoms with Crippen LogP contribution in [-0.4, -0.2) is 16.1 Å². The van der Waals surface area contributed by atoms with Crippen molar-refractivity contribution in [1.29, 1.82) is 0 Å². The van der Waals surface area contributed by atoms with Crippen LogP contribution in [0.2, 0.25) is 33.2 Å². The van der Waals surface area contributed by atoms with E-state index < -0.39 is 16.1 Å². The van der Waals surface area contributed by atoms with Gasteiger partial charge in [-0.3, -0.25) is 0 Å². The standard InChI is InChI=1S/C44H54S2Si2/c1-29(2)47(30(3)4,31(5)6)25-21-39-37-19-17-36(44-16-14-24-46-44)28-42(37)40(22-26-48(32(7)8,33(9)10)34(11)12)38-20-18-35(27-41(38)39)43-15-13-23-45-43/h13-20,23-24,27-34H,1-12H3. The van der Waals surface area contributed by atoms with Gasteiger partial charge in [0.1, 0.15) is 16.1 Å². The number of thiophene rings is 2. The zero-order chi connectivity index (χ0) is 35.0. The third kappa shape index (κ3) is 6.43. The Morgan fingerprint density at radius 3 is 1.04 bits per heavy atom. The van der Waals surface area contributed by atoms with Gasteiger partial charge in [-0.15, -0.1) is 33.8 Å². The number of hydrogen-bond acceptors (Lipinski definition) is 2. The summed E-state index contributed by atoms with van der Waals surface area (Å²) in [6.07, 6.45) is 0. The van der Waals surface area contributed by atoms with Gasteiger partial charge in [-0.2, -0.15) is 0 Å². The summed E-state index contributed by atoms with van der Waals surface area (Å²) in [4.78, 5) is 2.58. The van der Waals surface area contributed by atoms with Crippen LogP contribution < -0.4 is 0 Å². The smallest absolute Gasteiger partial charge is 0.144 e. The SMILES string of the molecule is CC(C)[Si](C#Cc1c2ccc(-c3cccs3)cc2c(C#C[Si](C(C)C)(C(C)C)C(C)C)c2ccc(-c3cccs3)cc12)(C(C)C)C(C)C. The minimum Gasteiger partial charge on any atom is -0.144 e. The molecule has 2 aromatic heterocycles. The maximum atomic E-state index is 4.11. The molecule has 0 aliphatic carbocycles. The highest BCUT2D eigenvalue weighted by Crippen LogP contribution is 2.44. The molecule has 0 aliphatic heterocycles. The molecule has 250 valence electrons. The van der Waals surface area contributed by atoms with Crippen LogP contribution in [0.25, 0.3) is 42.4 Å². The van der Waals surface area contributed by atoms with E-state index in [9.17, 15) is 0 Å². The topological polar surface area (TPSA) is 0 Å². The molecule has 4 heteroatoms. The summed E-state index contributed by atoms with van der Waals surface area (Å²) in [5.41, 5.74) is 16.5. The Morgan fingerprint density at radius 2 is 0.771 bits per heavy atom. The van der Waals surface area contributed by atoms with Crippen LogP contribution in [0.5, 0.6) is 0 Å². The molecule has 0 aliphatic rings. The summed E-state index contributed by atoms with van der Waals surface area (Å²) in [6, 6.07) is 22.9. The first-order valence-corrected chi connectivity index (χ1v) is 24.2. The van der Waals surface area contributed by atoms with Crippen molar-refractivity contribution in [2.75, 3.05) is 0 Å². The van der Waals surface area contributed by atoms with E-state index in [1.54, 1.807) is 22.7 Å². The van der Waals surface area contributed by atoms with Gasteiger partial charge < -0.3 is 0 Å². The first-order chi connectivity index (χ1) is 22.7. The number of fused-ring (bicyclic) bond motifs is 2. The van der Waals surface area contributed by atoms with Crippen molar-refractivity contribution in [1.82, 2.24) is 0 Å². The molecule has 0 N–H and O–H groups in total. The molecule has 5 rings (SSSR count). The van der Waals surface area contributed by atoms with E-state index in [1.165, 1.54) is 53.6 Å². The van der Waals surface area contributed by atoms with Crippen molar-refractivity contribution < 1.29 is 0 Å². The monoisotopic (exact) mass is 702 g/mol. The lowest BCUT2D eigenvalue weighted by Crippen LogP contribution is -2.43. The molecule has 0 radical (unpaired) electrons. The quantitative estimate of drug-likeness (QED) is 0.0858. The summed E-state index contributed by atoms with van der Waals surface area (Å²) in [5.74, 6) is 7.95. The first kappa shape index (κ1) is 36.4. The van der Waals surface area contributed by atoms with Gasteiger partial charge in [0.15, 0.2) is 0 Å². The van der Waals surface area contributed by atoms with Crippen molar-refractivity contribution in [3.05, 3.63) is 82.6 Å². The number of benzene rings is 3. The van der Waals surface area contributed by atoms with Crippen LogP contribution >= 0.6 is 22.7 Å². The molecule has 0 saturated heterocycles. The Morgan fingerprint density at radius 1 is 0.438 bits per heavy atom. The Bertz CT molecular complexity index is 1810. The van der Waals surface area contributed by atoms with E-state index in [0.717, 1.165) is 0 Å². The molecular weight excluding hydrogens is 649 g/mol. The normalized spacial score (nSPS) is 12.5. The lowest BCUT2D eigenvalue weighted by Gasteiger charge is -2.38. The van der Waals surface area contributed by atoms with Crippen LogP contribution in [0.4, 0.5) is 0 Å². The van der Waals surface area contributed by atoms with Crippen LogP contribution in [0.1, 0.15) is 94.2 Å². The average Bonchev–Trinajstić information content (AvgIpc) is 3.76. The molecule has 0 amide bonds. The third-order valence-corrected chi connectivity index (χ3v) is 25.7. The average molecular weight is 703 g/mol. The Hall–Kier alpha value is -2.87. The second kappa shape index (κ2) is 14.5. The first-order valence-electron chi connectivity index (χ1n) is 17.9. The van der Waals surface area contributed by atoms with Crippen LogP contribution in [0.15, 0.2) is 71.4 Å². The molecule has 0 nitrogen and oxygen atoms in total. The molecule has 0 saturated carbocycles. The highest BCUT2D eigenvalue weighted by atomic mass is 32.1. The fourth-order valence-electron chi connectivity index (χ4n) is 8.90. The van der Waals surface area contributed by atoms with Crippen molar-refractivity contribution >= 4 is 60.4 Å². The van der Waals surface area contributed by atoms with Gasteiger partial charge in [0.05, 0.1) is 0 Å². The summed E-state index contributed by atoms with van der Waals surface area (Å²) in [6.45, 7) is 28.9. The second-order valence-corrected chi connectivity index (χ2v) is 28.6. The predicted molar refractivity (Wildman–Crippen MR) is 224 cm³/mol. The summed E-state index contributed by atoms with van der Waals surface area (Å²) >= 11 is 3.60. The molecule has 0 unspecified atom stereocenters. The Kier molecular flexibility index (Phi) is 11.0. The molecule has 48 heavy (non-hydrogen) atoms. The van der Waals surface area contributed by atoms with Gasteiger partial charge >= 0.3 is 0 Å². The molecule has 0 bridgehead atoms. The fraction of sp³-hybridized carbons (Fsp3) is 0.409. The van der Waals surface area contributed by atoms with Crippen LogP contribution in [0, 0.1) is 22.9 Å². The lowest BCUT2D eigenvalue weighted by molar-refractivity contribution is 0.838. The minimum atomic E-state index is -1.98. The van der Waals surface area contributed by atoms with Gasteiger partial charge in [0.2, 0.25) is 0 Å². The van der Waals surface area contributed by atoms with Gasteiger partial charge in [-0.05, 0) is 101 Å². The maximum Gasteiger partial charge on any atom is 0.146 e. The maximum absolute atomic E-state index is 4.11. The van der Waals surface area contributed by atoms with E-state index in [2.05, 4.69) is 177 Å². The molecule has 3 aromatic carbocycles. The van der Waals surface area contributed by atoms with E-state index in [-0.39, 0.29) is 0 Å². The van der Waals surface area contributed by atoms with E-state index in [0.29, 0.717) is 33.2 Å². The molecule has 0 atom stereocenters. The molecular formula is C44H54S2Si2. The highest BCUT2D eigenvalue weighted by Gasteiger charge is 2.43. The lowest BCUT2D eigenvalue weighted by atomic mass is 9.90. The zero-order valence-corrected chi connectivity index (χ0v) is 34.8. The second-order valence-electron chi connectivity index (χ2n) is 15.5. The molecule has 0 spiro atoms. The zero-order valence-electron chi connectivity index (χ0n) is 31.2. The Labute approximate surface area is 301 Å². The summed E-state index contributed by atoms with van der Waals surface area (Å²) < 4.78 is 0. The van der Waals surface area contributed by atoms with Crippen LogP contribution in [0.3, 0.4) is 0 Å². The van der Waals surface area contributed by atoms with Crippen molar-refractivity contribution in [3.63, 3.8) is 0 Å². The predicted octanol–water partition coefficient (Wildman–Crippen LogP) is 14.6. The van der Waals surface area contributed by atoms with Gasteiger partial charge in [-0.1, -0.05) is 131 Å². The highest BCUT2D eigenvalue weighted by molar-refractivity contribution is 7.13. The minimum absolute atomic E-state index is 0.570. The van der Waals surface area contributed by atoms with E-state index in [4.69, 9.17) is 0 Å². The fourth-order valence-corrected chi connectivity index (χ4v) is 20.8. The van der Waals surface area contributed by atoms with Gasteiger partial charge in [0, 0.05) is 20.9 Å². The third-order valence-electron chi connectivity index (χ3n) is 11.3. The van der Waals surface area contributed by atoms with Gasteiger partial charge in [0.25, 0.3) is 0 Å². The molecule has 5 aromatic rings. The molecule has 2 heterocycles. The summed E-state index contributed by atoms with van der Waals surface area (Å²) in [5, 5.41) is 9.27. The molecule has 0 fully saturated rings. The van der Waals surface area contributed by atoms with Crippen molar-refractivity contribution in [2.45, 2.75) is 116 Å². The van der Waals surface area contributed by atoms with E-state index in [1.807, 2.05) is 0 Å². The Balaban J connectivity index is 1.97.